The smallest absolute Gasteiger partial charge is 0.422 e. The van der Waals surface area contributed by atoms with E-state index in [1.54, 1.807) is 18.6 Å². The maximum absolute atomic E-state index is 11.4. The zero-order chi connectivity index (χ0) is 14.2. The van der Waals surface area contributed by atoms with Crippen LogP contribution < -0.4 is 9.44 Å². The van der Waals surface area contributed by atoms with Crippen LogP contribution in [0.2, 0.25) is 0 Å². The highest BCUT2D eigenvalue weighted by molar-refractivity contribution is 7.88. The first-order valence-electron chi connectivity index (χ1n) is 5.38. The van der Waals surface area contributed by atoms with Crippen molar-refractivity contribution in [3.63, 3.8) is 0 Å². The molecule has 7 nitrogen and oxygen atoms in total. The van der Waals surface area contributed by atoms with Crippen molar-refractivity contribution in [2.75, 3.05) is 20.3 Å². The average Bonchev–Trinajstić information content (AvgIpc) is 2.14. The van der Waals surface area contributed by atoms with Crippen LogP contribution in [0.3, 0.4) is 0 Å². The molecule has 0 aliphatic heterocycles. The molecule has 0 radical (unpaired) electrons. The SMILES string of the molecule is COCC(Cl)CCNS(=O)(=O)NC(=O)OC(C)C. The van der Waals surface area contributed by atoms with Gasteiger partial charge in [-0.15, -0.1) is 11.6 Å². The molecule has 1 atom stereocenters. The molecule has 0 aliphatic carbocycles. The zero-order valence-corrected chi connectivity index (χ0v) is 12.2. The molecule has 0 aromatic rings. The fourth-order valence-electron chi connectivity index (χ4n) is 0.998. The fourth-order valence-corrected chi connectivity index (χ4v) is 1.96. The molecular formula is C9H19ClN2O5S. The van der Waals surface area contributed by atoms with Crippen molar-refractivity contribution in [3.05, 3.63) is 0 Å². The lowest BCUT2D eigenvalue weighted by molar-refractivity contribution is 0.121. The summed E-state index contributed by atoms with van der Waals surface area (Å²) >= 11 is 5.81. The molecule has 1 unspecified atom stereocenters. The minimum absolute atomic E-state index is 0.0990. The second-order valence-electron chi connectivity index (χ2n) is 3.80. The lowest BCUT2D eigenvalue weighted by Gasteiger charge is -2.12. The number of hydrogen-bond donors (Lipinski definition) is 2. The van der Waals surface area contributed by atoms with Crippen LogP contribution in [0.15, 0.2) is 0 Å². The molecule has 0 rings (SSSR count). The first kappa shape index (κ1) is 17.4. The van der Waals surface area contributed by atoms with Crippen LogP contribution in [0, 0.1) is 0 Å². The predicted octanol–water partition coefficient (Wildman–Crippen LogP) is 0.599. The first-order chi connectivity index (χ1) is 8.26. The van der Waals surface area contributed by atoms with Crippen LogP contribution >= 0.6 is 11.6 Å². The van der Waals surface area contributed by atoms with Gasteiger partial charge in [0.15, 0.2) is 0 Å². The third-order valence-electron chi connectivity index (χ3n) is 1.66. The molecule has 0 bridgehead atoms. The molecule has 0 saturated heterocycles. The van der Waals surface area contributed by atoms with E-state index in [4.69, 9.17) is 16.3 Å². The summed E-state index contributed by atoms with van der Waals surface area (Å²) in [5.41, 5.74) is 0. The van der Waals surface area contributed by atoms with Crippen LogP contribution in [0.5, 0.6) is 0 Å². The Labute approximate surface area is 112 Å². The van der Waals surface area contributed by atoms with Crippen molar-refractivity contribution >= 4 is 27.9 Å². The lowest BCUT2D eigenvalue weighted by atomic mass is 10.3. The standard InChI is InChI=1S/C9H19ClN2O5S/c1-7(2)17-9(13)12-18(14,15)11-5-4-8(10)6-16-3/h7-8,11H,4-6H2,1-3H3,(H,12,13). The summed E-state index contributed by atoms with van der Waals surface area (Å²) in [5, 5.41) is -0.291. The average molecular weight is 303 g/mol. The summed E-state index contributed by atoms with van der Waals surface area (Å²) in [6.07, 6.45) is -1.03. The molecule has 0 saturated carbocycles. The number of amides is 1. The molecule has 9 heteroatoms. The maximum atomic E-state index is 11.4. The highest BCUT2D eigenvalue weighted by Gasteiger charge is 2.16. The van der Waals surface area contributed by atoms with Gasteiger partial charge in [-0.3, -0.25) is 0 Å². The molecule has 1 amide bonds. The number of hydrogen-bond acceptors (Lipinski definition) is 5. The van der Waals surface area contributed by atoms with Crippen molar-refractivity contribution in [2.45, 2.75) is 31.7 Å². The maximum Gasteiger partial charge on any atom is 0.422 e. The molecule has 2 N–H and O–H groups in total. The Hall–Kier alpha value is -0.570. The number of ether oxygens (including phenoxy) is 2. The first-order valence-corrected chi connectivity index (χ1v) is 7.30. The van der Waals surface area contributed by atoms with Gasteiger partial charge in [-0.25, -0.2) is 9.52 Å². The Morgan fingerprint density at radius 2 is 2.00 bits per heavy atom. The molecule has 0 heterocycles. The van der Waals surface area contributed by atoms with Gasteiger partial charge < -0.3 is 9.47 Å². The van der Waals surface area contributed by atoms with E-state index in [9.17, 15) is 13.2 Å². The fraction of sp³-hybridized carbons (Fsp3) is 0.889. The van der Waals surface area contributed by atoms with E-state index in [2.05, 4.69) is 9.46 Å². The molecule has 0 spiro atoms. The summed E-state index contributed by atoms with van der Waals surface area (Å²) in [7, 11) is -2.41. The monoisotopic (exact) mass is 302 g/mol. The molecule has 0 fully saturated rings. The largest absolute Gasteiger partial charge is 0.446 e. The molecule has 0 aliphatic rings. The van der Waals surface area contributed by atoms with Gasteiger partial charge in [-0.05, 0) is 20.3 Å². The van der Waals surface area contributed by atoms with Gasteiger partial charge in [-0.1, -0.05) is 0 Å². The normalized spacial score (nSPS) is 13.4. The van der Waals surface area contributed by atoms with Gasteiger partial charge in [0.25, 0.3) is 0 Å². The quantitative estimate of drug-likeness (QED) is 0.640. The van der Waals surface area contributed by atoms with Gasteiger partial charge in [0.05, 0.1) is 18.1 Å². The third-order valence-corrected chi connectivity index (χ3v) is 3.02. The van der Waals surface area contributed by atoms with E-state index in [0.717, 1.165) is 0 Å². The molecule has 108 valence electrons. The predicted molar refractivity (Wildman–Crippen MR) is 67.8 cm³/mol. The molecule has 0 aromatic heterocycles. The number of carbonyl (C=O) groups is 1. The lowest BCUT2D eigenvalue weighted by Crippen LogP contribution is -2.42. The summed E-state index contributed by atoms with van der Waals surface area (Å²) in [4.78, 5) is 11.1. The summed E-state index contributed by atoms with van der Waals surface area (Å²) < 4.78 is 36.1. The van der Waals surface area contributed by atoms with Crippen molar-refractivity contribution in [3.8, 4) is 0 Å². The second-order valence-corrected chi connectivity index (χ2v) is 5.91. The van der Waals surface area contributed by atoms with Crippen molar-refractivity contribution in [1.29, 1.82) is 0 Å². The van der Waals surface area contributed by atoms with E-state index in [1.165, 1.54) is 7.11 Å². The highest BCUT2D eigenvalue weighted by Crippen LogP contribution is 2.01. The van der Waals surface area contributed by atoms with Crippen LogP contribution in [-0.4, -0.2) is 46.3 Å². The van der Waals surface area contributed by atoms with E-state index in [0.29, 0.717) is 13.0 Å². The minimum atomic E-state index is -3.91. The van der Waals surface area contributed by atoms with Gasteiger partial charge in [0, 0.05) is 13.7 Å². The van der Waals surface area contributed by atoms with Gasteiger partial charge in [-0.2, -0.15) is 13.1 Å². The Morgan fingerprint density at radius 1 is 1.39 bits per heavy atom. The van der Waals surface area contributed by atoms with Gasteiger partial charge in [0.1, 0.15) is 0 Å². The third kappa shape index (κ3) is 9.46. The minimum Gasteiger partial charge on any atom is -0.446 e. The number of carbonyl (C=O) groups excluding carboxylic acids is 1. The number of methoxy groups -OCH3 is 1. The van der Waals surface area contributed by atoms with Crippen molar-refractivity contribution in [1.82, 2.24) is 9.44 Å². The van der Waals surface area contributed by atoms with Gasteiger partial charge >= 0.3 is 16.3 Å². The van der Waals surface area contributed by atoms with Crippen LogP contribution in [-0.2, 0) is 19.7 Å². The number of halogens is 1. The second kappa shape index (κ2) is 8.52. The van der Waals surface area contributed by atoms with Crippen molar-refractivity contribution in [2.24, 2.45) is 0 Å². The molecule has 18 heavy (non-hydrogen) atoms. The van der Waals surface area contributed by atoms with Crippen LogP contribution in [0.4, 0.5) is 4.79 Å². The number of alkyl halides is 1. The summed E-state index contributed by atoms with van der Waals surface area (Å²) in [6, 6.07) is 0. The Bertz CT molecular complexity index is 347. The number of nitrogens with one attached hydrogen (secondary N) is 2. The Balaban J connectivity index is 3.97. The topological polar surface area (TPSA) is 93.7 Å². The van der Waals surface area contributed by atoms with Crippen LogP contribution in [0.25, 0.3) is 0 Å². The van der Waals surface area contributed by atoms with Crippen molar-refractivity contribution < 1.29 is 22.7 Å². The van der Waals surface area contributed by atoms with Gasteiger partial charge in [0.2, 0.25) is 0 Å². The molecule has 0 aromatic carbocycles. The zero-order valence-electron chi connectivity index (χ0n) is 10.6. The van der Waals surface area contributed by atoms with E-state index >= 15 is 0 Å². The summed E-state index contributed by atoms with van der Waals surface area (Å²) in [5.74, 6) is 0. The van der Waals surface area contributed by atoms with E-state index in [-0.39, 0.29) is 11.9 Å². The van der Waals surface area contributed by atoms with E-state index < -0.39 is 22.4 Å². The highest BCUT2D eigenvalue weighted by atomic mass is 35.5. The van der Waals surface area contributed by atoms with E-state index in [1.807, 2.05) is 0 Å². The number of rotatable bonds is 8. The summed E-state index contributed by atoms with van der Waals surface area (Å²) in [6.45, 7) is 3.65. The molecular weight excluding hydrogens is 284 g/mol. The Morgan fingerprint density at radius 3 is 2.50 bits per heavy atom. The van der Waals surface area contributed by atoms with Crippen LogP contribution in [0.1, 0.15) is 20.3 Å². The Kier molecular flexibility index (Phi) is 8.25.